The second-order valence-electron chi connectivity index (χ2n) is 4.40. The maximum Gasteiger partial charge on any atom is 0.0794 e. The minimum atomic E-state index is 0.232. The largest absolute Gasteiger partial charge is 0.327 e. The third-order valence-electron chi connectivity index (χ3n) is 2.99. The molecule has 0 spiro atoms. The molecule has 2 rings (SSSR count). The van der Waals surface area contributed by atoms with E-state index in [0.717, 1.165) is 19.3 Å². The summed E-state index contributed by atoms with van der Waals surface area (Å²) in [6.07, 6.45) is 4.95. The Morgan fingerprint density at radius 3 is 2.88 bits per heavy atom. The predicted octanol–water partition coefficient (Wildman–Crippen LogP) is 2.95. The van der Waals surface area contributed by atoms with Crippen LogP contribution in [0.3, 0.4) is 0 Å². The molecule has 1 heterocycles. The fourth-order valence-electron chi connectivity index (χ4n) is 1.93. The number of benzene rings is 1. The fraction of sp³-hybridized carbons (Fsp3) is 0.357. The molecule has 2 N–H and O–H groups in total. The maximum atomic E-state index is 6.14. The van der Waals surface area contributed by atoms with Gasteiger partial charge in [-0.05, 0) is 37.3 Å². The van der Waals surface area contributed by atoms with E-state index in [1.165, 1.54) is 16.0 Å². The molecule has 0 aliphatic heterocycles. The van der Waals surface area contributed by atoms with Crippen molar-refractivity contribution in [2.75, 3.05) is 0 Å². The van der Waals surface area contributed by atoms with Gasteiger partial charge in [-0.25, -0.2) is 0 Å². The number of hydrogen-bond acceptors (Lipinski definition) is 3. The van der Waals surface area contributed by atoms with Gasteiger partial charge in [0.1, 0.15) is 0 Å². The predicted molar refractivity (Wildman–Crippen MR) is 73.3 cm³/mol. The molecule has 90 valence electrons. The minimum Gasteiger partial charge on any atom is -0.327 e. The molecule has 1 aromatic heterocycles. The van der Waals surface area contributed by atoms with Gasteiger partial charge in [0.15, 0.2) is 0 Å². The van der Waals surface area contributed by atoms with Crippen molar-refractivity contribution in [1.82, 2.24) is 4.98 Å². The average molecular weight is 246 g/mol. The van der Waals surface area contributed by atoms with Crippen LogP contribution in [0.25, 0.3) is 0 Å². The van der Waals surface area contributed by atoms with Gasteiger partial charge in [-0.2, -0.15) is 0 Å². The number of nitrogens with two attached hydrogens (primary N) is 1. The number of hydrogen-bond donors (Lipinski definition) is 1. The van der Waals surface area contributed by atoms with Crippen LogP contribution in [0.4, 0.5) is 0 Å². The first-order valence-electron chi connectivity index (χ1n) is 5.93. The van der Waals surface area contributed by atoms with E-state index in [-0.39, 0.29) is 6.04 Å². The molecule has 0 aliphatic rings. The molecule has 0 bridgehead atoms. The highest BCUT2D eigenvalue weighted by Crippen LogP contribution is 2.13. The lowest BCUT2D eigenvalue weighted by atomic mass is 10.00. The Labute approximate surface area is 107 Å². The fourth-order valence-corrected chi connectivity index (χ4v) is 2.62. The molecule has 1 unspecified atom stereocenters. The Hall–Kier alpha value is -1.19. The zero-order valence-electron chi connectivity index (χ0n) is 10.1. The first kappa shape index (κ1) is 12.3. The molecule has 3 heteroatoms. The van der Waals surface area contributed by atoms with Gasteiger partial charge < -0.3 is 5.73 Å². The zero-order chi connectivity index (χ0) is 12.1. The zero-order valence-corrected chi connectivity index (χ0v) is 10.9. The lowest BCUT2D eigenvalue weighted by Gasteiger charge is -2.11. The topological polar surface area (TPSA) is 38.9 Å². The van der Waals surface area contributed by atoms with Gasteiger partial charge in [0, 0.05) is 17.1 Å². The van der Waals surface area contributed by atoms with Crippen LogP contribution < -0.4 is 5.73 Å². The Morgan fingerprint density at radius 2 is 2.18 bits per heavy atom. The van der Waals surface area contributed by atoms with Crippen molar-refractivity contribution in [1.29, 1.82) is 0 Å². The molecule has 0 radical (unpaired) electrons. The van der Waals surface area contributed by atoms with Crippen LogP contribution in [0.5, 0.6) is 0 Å². The lowest BCUT2D eigenvalue weighted by Crippen LogP contribution is -2.23. The third kappa shape index (κ3) is 3.65. The molecule has 0 saturated heterocycles. The van der Waals surface area contributed by atoms with Crippen molar-refractivity contribution in [3.63, 3.8) is 0 Å². The van der Waals surface area contributed by atoms with Gasteiger partial charge in [-0.1, -0.05) is 24.3 Å². The highest BCUT2D eigenvalue weighted by atomic mass is 32.1. The van der Waals surface area contributed by atoms with Gasteiger partial charge in [0.05, 0.1) is 5.51 Å². The van der Waals surface area contributed by atoms with Crippen molar-refractivity contribution in [2.24, 2.45) is 5.73 Å². The molecule has 2 nitrogen and oxygen atoms in total. The summed E-state index contributed by atoms with van der Waals surface area (Å²) < 4.78 is 0. The first-order chi connectivity index (χ1) is 8.25. The molecular weight excluding hydrogens is 228 g/mol. The number of nitrogens with zero attached hydrogens (tertiary/aromatic N) is 1. The second kappa shape index (κ2) is 5.94. The number of aromatic nitrogens is 1. The van der Waals surface area contributed by atoms with Crippen LogP contribution in [0.1, 0.15) is 22.4 Å². The van der Waals surface area contributed by atoms with Crippen molar-refractivity contribution >= 4 is 11.3 Å². The van der Waals surface area contributed by atoms with Crippen molar-refractivity contribution in [3.8, 4) is 0 Å². The Bertz CT molecular complexity index is 451. The van der Waals surface area contributed by atoms with Gasteiger partial charge in [-0.3, -0.25) is 4.98 Å². The van der Waals surface area contributed by atoms with E-state index in [2.05, 4.69) is 36.2 Å². The standard InChI is InChI=1S/C14H18N2S/c1-11-4-2-3-5-12(11)6-7-13(15)8-14-9-16-10-17-14/h2-5,9-10,13H,6-8,15H2,1H3. The quantitative estimate of drug-likeness (QED) is 0.881. The molecule has 17 heavy (non-hydrogen) atoms. The number of thiazole rings is 1. The number of aryl methyl sites for hydroxylation is 2. The summed E-state index contributed by atoms with van der Waals surface area (Å²) in [4.78, 5) is 5.35. The van der Waals surface area contributed by atoms with Crippen LogP contribution in [0.15, 0.2) is 36.0 Å². The first-order valence-corrected chi connectivity index (χ1v) is 6.81. The van der Waals surface area contributed by atoms with E-state index in [1.807, 2.05) is 11.7 Å². The summed E-state index contributed by atoms with van der Waals surface area (Å²) in [6.45, 7) is 2.16. The molecule has 0 saturated carbocycles. The molecule has 1 aromatic carbocycles. The summed E-state index contributed by atoms with van der Waals surface area (Å²) in [5.74, 6) is 0. The molecular formula is C14H18N2S. The van der Waals surface area contributed by atoms with Crippen molar-refractivity contribution in [2.45, 2.75) is 32.2 Å². The van der Waals surface area contributed by atoms with E-state index in [9.17, 15) is 0 Å². The SMILES string of the molecule is Cc1ccccc1CCC(N)Cc1cncs1. The highest BCUT2D eigenvalue weighted by Gasteiger charge is 2.06. The summed E-state index contributed by atoms with van der Waals surface area (Å²) in [7, 11) is 0. The van der Waals surface area contributed by atoms with Crippen LogP contribution in [0, 0.1) is 6.92 Å². The van der Waals surface area contributed by atoms with Crippen molar-refractivity contribution < 1.29 is 0 Å². The summed E-state index contributed by atoms with van der Waals surface area (Å²) in [6, 6.07) is 8.75. The normalized spacial score (nSPS) is 12.6. The van der Waals surface area contributed by atoms with E-state index in [0.29, 0.717) is 0 Å². The van der Waals surface area contributed by atoms with Gasteiger partial charge in [0.2, 0.25) is 0 Å². The minimum absolute atomic E-state index is 0.232. The molecule has 2 aromatic rings. The monoisotopic (exact) mass is 246 g/mol. The molecule has 1 atom stereocenters. The molecule has 0 amide bonds. The third-order valence-corrected chi connectivity index (χ3v) is 3.79. The van der Waals surface area contributed by atoms with Gasteiger partial charge >= 0.3 is 0 Å². The average Bonchev–Trinajstić information content (AvgIpc) is 2.81. The van der Waals surface area contributed by atoms with E-state index in [1.54, 1.807) is 11.3 Å². The summed E-state index contributed by atoms with van der Waals surface area (Å²) >= 11 is 1.68. The Balaban J connectivity index is 1.84. The van der Waals surface area contributed by atoms with Crippen molar-refractivity contribution in [3.05, 3.63) is 52.0 Å². The smallest absolute Gasteiger partial charge is 0.0794 e. The molecule has 0 fully saturated rings. The second-order valence-corrected chi connectivity index (χ2v) is 5.37. The van der Waals surface area contributed by atoms with Gasteiger partial charge in [-0.15, -0.1) is 11.3 Å². The van der Waals surface area contributed by atoms with E-state index >= 15 is 0 Å². The molecule has 0 aliphatic carbocycles. The maximum absolute atomic E-state index is 6.14. The summed E-state index contributed by atoms with van der Waals surface area (Å²) in [5, 5.41) is 0. The van der Waals surface area contributed by atoms with E-state index in [4.69, 9.17) is 5.73 Å². The van der Waals surface area contributed by atoms with Crippen LogP contribution in [-0.2, 0) is 12.8 Å². The Kier molecular flexibility index (Phi) is 4.29. The Morgan fingerprint density at radius 1 is 1.35 bits per heavy atom. The summed E-state index contributed by atoms with van der Waals surface area (Å²) in [5.41, 5.74) is 10.8. The highest BCUT2D eigenvalue weighted by molar-refractivity contribution is 7.09. The van der Waals surface area contributed by atoms with Crippen LogP contribution in [0.2, 0.25) is 0 Å². The lowest BCUT2D eigenvalue weighted by molar-refractivity contribution is 0.613. The van der Waals surface area contributed by atoms with E-state index < -0.39 is 0 Å². The van der Waals surface area contributed by atoms with Crippen LogP contribution in [-0.4, -0.2) is 11.0 Å². The van der Waals surface area contributed by atoms with Gasteiger partial charge in [0.25, 0.3) is 0 Å². The number of rotatable bonds is 5. The van der Waals surface area contributed by atoms with Crippen LogP contribution >= 0.6 is 11.3 Å².